The minimum atomic E-state index is -3.37. The van der Waals surface area contributed by atoms with Gasteiger partial charge in [0, 0.05) is 10.7 Å². The van der Waals surface area contributed by atoms with Gasteiger partial charge in [-0.05, 0) is 67.6 Å². The molecule has 0 unspecified atom stereocenters. The Morgan fingerprint density at radius 3 is 2.00 bits per heavy atom. The summed E-state index contributed by atoms with van der Waals surface area (Å²) in [6.07, 6.45) is 2.95. The minimum Gasteiger partial charge on any atom is -0.212 e. The zero-order valence-corrected chi connectivity index (χ0v) is 13.2. The van der Waals surface area contributed by atoms with E-state index in [1.54, 1.807) is 0 Å². The van der Waals surface area contributed by atoms with Crippen molar-refractivity contribution >= 4 is 19.7 Å². The van der Waals surface area contributed by atoms with Crippen molar-refractivity contribution in [1.29, 1.82) is 0 Å². The highest BCUT2D eigenvalue weighted by atomic mass is 35.7. The third kappa shape index (κ3) is 2.02. The predicted molar refractivity (Wildman–Crippen MR) is 78.3 cm³/mol. The highest BCUT2D eigenvalue weighted by molar-refractivity contribution is 8.13. The van der Waals surface area contributed by atoms with Crippen LogP contribution in [0.4, 0.5) is 0 Å². The number of benzene rings is 1. The fourth-order valence-electron chi connectivity index (χ4n) is 4.80. The topological polar surface area (TPSA) is 34.1 Å². The Morgan fingerprint density at radius 1 is 1.11 bits per heavy atom. The van der Waals surface area contributed by atoms with E-state index in [-0.39, 0.29) is 16.6 Å². The van der Waals surface area contributed by atoms with Crippen LogP contribution in [0.2, 0.25) is 0 Å². The van der Waals surface area contributed by atoms with Gasteiger partial charge < -0.3 is 0 Å². The number of hydrogen-bond acceptors (Lipinski definition) is 2. The normalized spacial score (nSPS) is 32.6. The van der Waals surface area contributed by atoms with Crippen molar-refractivity contribution in [3.8, 4) is 0 Å². The second-order valence-electron chi connectivity index (χ2n) is 6.77. The first-order valence-electron chi connectivity index (χ1n) is 6.66. The summed E-state index contributed by atoms with van der Waals surface area (Å²) in [7, 11) is 2.03. The molecule has 1 aromatic carbocycles. The van der Waals surface area contributed by atoms with Gasteiger partial charge in [0.2, 0.25) is 9.05 Å². The Morgan fingerprint density at radius 2 is 1.58 bits per heavy atom. The van der Waals surface area contributed by atoms with Crippen LogP contribution in [0.25, 0.3) is 0 Å². The molecule has 104 valence electrons. The van der Waals surface area contributed by atoms with Crippen molar-refractivity contribution in [2.75, 3.05) is 5.75 Å². The zero-order valence-electron chi connectivity index (χ0n) is 11.6. The Hall–Kier alpha value is -0.540. The van der Waals surface area contributed by atoms with Crippen molar-refractivity contribution in [2.24, 2.45) is 5.41 Å². The van der Waals surface area contributed by atoms with Gasteiger partial charge in [-0.15, -0.1) is 0 Å². The molecule has 3 aliphatic carbocycles. The van der Waals surface area contributed by atoms with E-state index in [0.29, 0.717) is 0 Å². The first kappa shape index (κ1) is 13.4. The van der Waals surface area contributed by atoms with Crippen LogP contribution in [0, 0.1) is 26.2 Å². The van der Waals surface area contributed by atoms with E-state index < -0.39 is 9.05 Å². The van der Waals surface area contributed by atoms with Crippen LogP contribution in [-0.2, 0) is 14.5 Å². The maximum Gasteiger partial charge on any atom is 0.233 e. The van der Waals surface area contributed by atoms with Gasteiger partial charge in [-0.25, -0.2) is 8.42 Å². The van der Waals surface area contributed by atoms with Crippen molar-refractivity contribution in [3.63, 3.8) is 0 Å². The fraction of sp³-hybridized carbons (Fsp3) is 0.600. The van der Waals surface area contributed by atoms with Gasteiger partial charge in [0.25, 0.3) is 0 Å². The lowest BCUT2D eigenvalue weighted by molar-refractivity contribution is -0.122. The molecular formula is C15H19ClO2S. The molecule has 0 radical (unpaired) electrons. The molecule has 19 heavy (non-hydrogen) atoms. The molecule has 0 saturated heterocycles. The van der Waals surface area contributed by atoms with Gasteiger partial charge >= 0.3 is 0 Å². The zero-order chi connectivity index (χ0) is 14.1. The molecule has 3 aliphatic rings. The molecule has 2 nitrogen and oxygen atoms in total. The lowest BCUT2D eigenvalue weighted by Crippen LogP contribution is -2.67. The SMILES string of the molecule is Cc1cc(C)c(C23CC(CS(=O)(=O)Cl)(C2)C3)c(C)c1. The Labute approximate surface area is 119 Å². The summed E-state index contributed by atoms with van der Waals surface area (Å²) in [6, 6.07) is 4.46. The molecule has 3 fully saturated rings. The second kappa shape index (κ2) is 3.76. The molecule has 0 aromatic heterocycles. The van der Waals surface area contributed by atoms with Gasteiger partial charge in [0.05, 0.1) is 5.75 Å². The minimum absolute atomic E-state index is 0.0235. The van der Waals surface area contributed by atoms with E-state index in [0.717, 1.165) is 19.3 Å². The molecule has 0 atom stereocenters. The summed E-state index contributed by atoms with van der Waals surface area (Å²) < 4.78 is 22.5. The van der Waals surface area contributed by atoms with Crippen molar-refractivity contribution in [2.45, 2.75) is 45.4 Å². The standard InChI is InChI=1S/C15H19ClO2S/c1-10-4-11(2)13(12(3)5-10)15-6-14(7-15,8-15)9-19(16,17)18/h4-5H,6-9H2,1-3H3. The quantitative estimate of drug-likeness (QED) is 0.799. The van der Waals surface area contributed by atoms with Crippen molar-refractivity contribution in [3.05, 3.63) is 34.4 Å². The van der Waals surface area contributed by atoms with Crippen molar-refractivity contribution < 1.29 is 8.42 Å². The third-order valence-electron chi connectivity index (χ3n) is 4.83. The Bertz CT molecular complexity index is 618. The lowest BCUT2D eigenvalue weighted by atomic mass is 9.33. The van der Waals surface area contributed by atoms with Crippen LogP contribution in [0.5, 0.6) is 0 Å². The van der Waals surface area contributed by atoms with Crippen LogP contribution >= 0.6 is 10.7 Å². The molecular weight excluding hydrogens is 280 g/mol. The summed E-state index contributed by atoms with van der Waals surface area (Å²) in [5.41, 5.74) is 5.66. The molecule has 0 N–H and O–H groups in total. The molecule has 0 heterocycles. The third-order valence-corrected chi connectivity index (χ3v) is 6.11. The highest BCUT2D eigenvalue weighted by Crippen LogP contribution is 2.74. The molecule has 3 saturated carbocycles. The van der Waals surface area contributed by atoms with Crippen LogP contribution in [0.15, 0.2) is 12.1 Å². The Balaban J connectivity index is 1.86. The van der Waals surface area contributed by atoms with E-state index >= 15 is 0 Å². The van der Waals surface area contributed by atoms with Gasteiger partial charge in [0.1, 0.15) is 0 Å². The summed E-state index contributed by atoms with van der Waals surface area (Å²) in [4.78, 5) is 0. The average Bonchev–Trinajstić information content (AvgIpc) is 2.07. The smallest absolute Gasteiger partial charge is 0.212 e. The first-order chi connectivity index (χ1) is 8.65. The van der Waals surface area contributed by atoms with Crippen LogP contribution in [0.3, 0.4) is 0 Å². The Kier molecular flexibility index (Phi) is 2.66. The van der Waals surface area contributed by atoms with E-state index in [9.17, 15) is 8.42 Å². The van der Waals surface area contributed by atoms with Crippen molar-refractivity contribution in [1.82, 2.24) is 0 Å². The molecule has 0 aliphatic heterocycles. The number of hydrogen-bond donors (Lipinski definition) is 0. The van der Waals surface area contributed by atoms with Crippen LogP contribution in [0.1, 0.15) is 41.5 Å². The van der Waals surface area contributed by atoms with Gasteiger partial charge in [-0.2, -0.15) is 0 Å². The second-order valence-corrected chi connectivity index (χ2v) is 9.54. The van der Waals surface area contributed by atoms with Crippen LogP contribution in [-0.4, -0.2) is 14.2 Å². The number of halogens is 1. The lowest BCUT2D eigenvalue weighted by Gasteiger charge is -2.71. The maximum absolute atomic E-state index is 11.2. The van der Waals surface area contributed by atoms with E-state index in [2.05, 4.69) is 32.9 Å². The summed E-state index contributed by atoms with van der Waals surface area (Å²) >= 11 is 0. The van der Waals surface area contributed by atoms with E-state index in [1.165, 1.54) is 22.3 Å². The fourth-order valence-corrected chi connectivity index (χ4v) is 6.53. The first-order valence-corrected chi connectivity index (χ1v) is 9.13. The predicted octanol–water partition coefficient (Wildman–Crippen LogP) is 3.60. The van der Waals surface area contributed by atoms with Gasteiger partial charge in [0.15, 0.2) is 0 Å². The largest absolute Gasteiger partial charge is 0.233 e. The number of aryl methyl sites for hydroxylation is 3. The average molecular weight is 299 g/mol. The summed E-state index contributed by atoms with van der Waals surface area (Å²) in [5, 5.41) is 0. The molecule has 4 heteroatoms. The maximum atomic E-state index is 11.2. The van der Waals surface area contributed by atoms with E-state index in [4.69, 9.17) is 10.7 Å². The molecule has 0 amide bonds. The van der Waals surface area contributed by atoms with Gasteiger partial charge in [-0.3, -0.25) is 0 Å². The molecule has 1 aromatic rings. The summed E-state index contributed by atoms with van der Waals surface area (Å²) in [5.74, 6) is 0.146. The summed E-state index contributed by atoms with van der Waals surface area (Å²) in [6.45, 7) is 6.45. The van der Waals surface area contributed by atoms with Gasteiger partial charge in [-0.1, -0.05) is 17.7 Å². The molecule has 2 bridgehead atoms. The van der Waals surface area contributed by atoms with E-state index in [1.807, 2.05) is 0 Å². The monoisotopic (exact) mass is 298 g/mol. The molecule has 4 rings (SSSR count). The molecule has 0 spiro atoms. The number of rotatable bonds is 3. The van der Waals surface area contributed by atoms with Crippen LogP contribution < -0.4 is 0 Å². The highest BCUT2D eigenvalue weighted by Gasteiger charge is 2.69.